The molecule has 164 valence electrons. The van der Waals surface area contributed by atoms with E-state index in [9.17, 15) is 4.79 Å². The van der Waals surface area contributed by atoms with Gasteiger partial charge in [-0.25, -0.2) is 5.48 Å². The first kappa shape index (κ1) is 24.8. The fourth-order valence-electron chi connectivity index (χ4n) is 2.97. The third-order valence-electron chi connectivity index (χ3n) is 4.82. The Morgan fingerprint density at radius 1 is 1.03 bits per heavy atom. The van der Waals surface area contributed by atoms with Crippen LogP contribution in [0.2, 0.25) is 15.1 Å². The Bertz CT molecular complexity index is 809. The molecule has 0 bridgehead atoms. The van der Waals surface area contributed by atoms with Gasteiger partial charge < -0.3 is 4.74 Å². The standard InChI is InChI=1S/C23H28Cl3NO3/c1-4-6-11-23(3,29-21-14-18(25)13-19(26)15-21)22(28)27-30-20(5-2)12-16-7-9-17(24)10-8-16/h7-10,13-15,20H,4-6,11-12H2,1-3H3,(H,27,28). The van der Waals surface area contributed by atoms with Crippen LogP contribution in [-0.2, 0) is 16.1 Å². The molecule has 0 aromatic heterocycles. The molecule has 30 heavy (non-hydrogen) atoms. The van der Waals surface area contributed by atoms with E-state index in [0.29, 0.717) is 33.7 Å². The first-order chi connectivity index (χ1) is 14.3. The Labute approximate surface area is 193 Å². The first-order valence-corrected chi connectivity index (χ1v) is 11.2. The Kier molecular flexibility index (Phi) is 9.76. The summed E-state index contributed by atoms with van der Waals surface area (Å²) in [7, 11) is 0. The van der Waals surface area contributed by atoms with Crippen molar-refractivity contribution < 1.29 is 14.4 Å². The minimum atomic E-state index is -1.12. The molecule has 1 N–H and O–H groups in total. The van der Waals surface area contributed by atoms with Crippen molar-refractivity contribution in [3.63, 3.8) is 0 Å². The van der Waals surface area contributed by atoms with Crippen LogP contribution in [0.5, 0.6) is 5.75 Å². The van der Waals surface area contributed by atoms with E-state index in [1.807, 2.05) is 31.2 Å². The van der Waals surface area contributed by atoms with E-state index < -0.39 is 5.60 Å². The predicted molar refractivity (Wildman–Crippen MR) is 123 cm³/mol. The largest absolute Gasteiger partial charge is 0.478 e. The molecule has 4 nitrogen and oxygen atoms in total. The summed E-state index contributed by atoms with van der Waals surface area (Å²) in [6.45, 7) is 5.81. The Balaban J connectivity index is 2.06. The molecule has 2 unspecified atom stereocenters. The number of amides is 1. The van der Waals surface area contributed by atoms with Gasteiger partial charge in [-0.3, -0.25) is 9.63 Å². The van der Waals surface area contributed by atoms with Gasteiger partial charge in [0, 0.05) is 21.5 Å². The number of unbranched alkanes of at least 4 members (excludes halogenated alkanes) is 1. The zero-order chi connectivity index (χ0) is 22.1. The smallest absolute Gasteiger partial charge is 0.287 e. The molecular formula is C23H28Cl3NO3. The van der Waals surface area contributed by atoms with Gasteiger partial charge in [0.1, 0.15) is 5.75 Å². The summed E-state index contributed by atoms with van der Waals surface area (Å²) in [5, 5.41) is 1.58. The lowest BCUT2D eigenvalue weighted by Gasteiger charge is -2.30. The van der Waals surface area contributed by atoms with Gasteiger partial charge in [-0.1, -0.05) is 67.2 Å². The van der Waals surface area contributed by atoms with Crippen LogP contribution in [0.3, 0.4) is 0 Å². The number of hydrogen-bond donors (Lipinski definition) is 1. The second kappa shape index (κ2) is 11.8. The molecule has 2 atom stereocenters. The summed E-state index contributed by atoms with van der Waals surface area (Å²) < 4.78 is 6.05. The van der Waals surface area contributed by atoms with Gasteiger partial charge in [0.15, 0.2) is 5.60 Å². The number of ether oxygens (including phenoxy) is 1. The van der Waals surface area contributed by atoms with Crippen molar-refractivity contribution in [3.8, 4) is 5.75 Å². The summed E-state index contributed by atoms with van der Waals surface area (Å²) >= 11 is 18.1. The second-order valence-electron chi connectivity index (χ2n) is 7.45. The molecule has 0 radical (unpaired) electrons. The van der Waals surface area contributed by atoms with Crippen LogP contribution >= 0.6 is 34.8 Å². The van der Waals surface area contributed by atoms with Crippen LogP contribution in [0.15, 0.2) is 42.5 Å². The van der Waals surface area contributed by atoms with Gasteiger partial charge >= 0.3 is 0 Å². The van der Waals surface area contributed by atoms with Crippen LogP contribution in [0.25, 0.3) is 0 Å². The van der Waals surface area contributed by atoms with Gasteiger partial charge in [0.25, 0.3) is 5.91 Å². The highest BCUT2D eigenvalue weighted by molar-refractivity contribution is 6.34. The van der Waals surface area contributed by atoms with Gasteiger partial charge in [0.2, 0.25) is 0 Å². The highest BCUT2D eigenvalue weighted by Gasteiger charge is 2.36. The van der Waals surface area contributed by atoms with Crippen LogP contribution in [0.4, 0.5) is 0 Å². The molecule has 0 fully saturated rings. The van der Waals surface area contributed by atoms with Crippen LogP contribution in [0, 0.1) is 0 Å². The van der Waals surface area contributed by atoms with Crippen molar-refractivity contribution in [2.24, 2.45) is 0 Å². The SMILES string of the molecule is CCCCC(C)(Oc1cc(Cl)cc(Cl)c1)C(=O)NOC(CC)Cc1ccc(Cl)cc1. The lowest BCUT2D eigenvalue weighted by molar-refractivity contribution is -0.154. The van der Waals surface area contributed by atoms with Crippen molar-refractivity contribution >= 4 is 40.7 Å². The van der Waals surface area contributed by atoms with Crippen molar-refractivity contribution in [2.45, 2.75) is 64.6 Å². The number of halogens is 3. The monoisotopic (exact) mass is 471 g/mol. The number of rotatable bonds is 11. The third-order valence-corrected chi connectivity index (χ3v) is 5.51. The lowest BCUT2D eigenvalue weighted by atomic mass is 9.98. The molecule has 1 amide bonds. The Morgan fingerprint density at radius 3 is 2.23 bits per heavy atom. The topological polar surface area (TPSA) is 47.6 Å². The Morgan fingerprint density at radius 2 is 1.67 bits per heavy atom. The number of hydrogen-bond acceptors (Lipinski definition) is 3. The predicted octanol–water partition coefficient (Wildman–Crippen LogP) is 7.04. The number of hydroxylamine groups is 1. The highest BCUT2D eigenvalue weighted by atomic mass is 35.5. The number of carbonyl (C=O) groups is 1. The molecule has 2 rings (SSSR count). The summed E-state index contributed by atoms with van der Waals surface area (Å²) in [5.74, 6) is 0.0936. The quantitative estimate of drug-likeness (QED) is 0.357. The normalized spacial score (nSPS) is 14.1. The molecule has 7 heteroatoms. The molecule has 2 aromatic rings. The summed E-state index contributed by atoms with van der Waals surface area (Å²) in [6, 6.07) is 12.5. The highest BCUT2D eigenvalue weighted by Crippen LogP contribution is 2.29. The second-order valence-corrected chi connectivity index (χ2v) is 8.76. The van der Waals surface area contributed by atoms with Crippen molar-refractivity contribution in [2.75, 3.05) is 0 Å². The average molecular weight is 473 g/mol. The maximum absolute atomic E-state index is 13.0. The number of benzene rings is 2. The summed E-state index contributed by atoms with van der Waals surface area (Å²) in [6.07, 6.45) is 3.49. The maximum atomic E-state index is 13.0. The van der Waals surface area contributed by atoms with Gasteiger partial charge in [-0.15, -0.1) is 0 Å². The van der Waals surface area contributed by atoms with Crippen molar-refractivity contribution in [1.82, 2.24) is 5.48 Å². The number of nitrogens with one attached hydrogen (secondary N) is 1. The van der Waals surface area contributed by atoms with E-state index >= 15 is 0 Å². The fraction of sp³-hybridized carbons (Fsp3) is 0.435. The molecule has 0 heterocycles. The van der Waals surface area contributed by atoms with Gasteiger partial charge in [0.05, 0.1) is 6.10 Å². The lowest BCUT2D eigenvalue weighted by Crippen LogP contribution is -2.50. The van der Waals surface area contributed by atoms with Gasteiger partial charge in [-0.05, 0) is 62.1 Å². The minimum Gasteiger partial charge on any atom is -0.478 e. The van der Waals surface area contributed by atoms with Crippen LogP contribution < -0.4 is 10.2 Å². The third kappa shape index (κ3) is 7.66. The molecule has 0 saturated heterocycles. The Hall–Kier alpha value is -1.46. The summed E-state index contributed by atoms with van der Waals surface area (Å²) in [5.41, 5.74) is 2.57. The van der Waals surface area contributed by atoms with E-state index in [-0.39, 0.29) is 12.0 Å². The molecule has 0 saturated carbocycles. The average Bonchev–Trinajstić information content (AvgIpc) is 2.70. The van der Waals surface area contributed by atoms with Crippen LogP contribution in [0.1, 0.15) is 52.0 Å². The molecule has 0 aliphatic heterocycles. The minimum absolute atomic E-state index is 0.175. The van der Waals surface area contributed by atoms with E-state index in [1.165, 1.54) is 0 Å². The van der Waals surface area contributed by atoms with E-state index in [4.69, 9.17) is 44.4 Å². The molecule has 0 aliphatic carbocycles. The molecule has 2 aromatic carbocycles. The molecule has 0 aliphatic rings. The first-order valence-electron chi connectivity index (χ1n) is 10.1. The van der Waals surface area contributed by atoms with E-state index in [1.54, 1.807) is 25.1 Å². The zero-order valence-corrected chi connectivity index (χ0v) is 19.8. The summed E-state index contributed by atoms with van der Waals surface area (Å²) in [4.78, 5) is 18.8. The fourth-order valence-corrected chi connectivity index (χ4v) is 3.60. The van der Waals surface area contributed by atoms with Crippen LogP contribution in [-0.4, -0.2) is 17.6 Å². The molecular weight excluding hydrogens is 445 g/mol. The van der Waals surface area contributed by atoms with Gasteiger partial charge in [-0.2, -0.15) is 0 Å². The zero-order valence-electron chi connectivity index (χ0n) is 17.5. The van der Waals surface area contributed by atoms with E-state index in [2.05, 4.69) is 12.4 Å². The van der Waals surface area contributed by atoms with Crippen molar-refractivity contribution in [3.05, 3.63) is 63.1 Å². The van der Waals surface area contributed by atoms with E-state index in [0.717, 1.165) is 24.8 Å². The molecule has 0 spiro atoms. The number of carbonyl (C=O) groups excluding carboxylic acids is 1. The maximum Gasteiger partial charge on any atom is 0.287 e. The van der Waals surface area contributed by atoms with Crippen molar-refractivity contribution in [1.29, 1.82) is 0 Å².